The molecule has 0 aromatic carbocycles. The highest BCUT2D eigenvalue weighted by atomic mass is 32.1. The molecule has 1 aliphatic heterocycles. The summed E-state index contributed by atoms with van der Waals surface area (Å²) in [6.07, 6.45) is 2.39. The lowest BCUT2D eigenvalue weighted by Crippen LogP contribution is -2.45. The molecule has 0 radical (unpaired) electrons. The number of piperidine rings is 1. The topological polar surface area (TPSA) is 55.1 Å². The highest BCUT2D eigenvalue weighted by molar-refractivity contribution is 7.12. The maximum atomic E-state index is 11.3. The van der Waals surface area contributed by atoms with Gasteiger partial charge in [0.05, 0.1) is 6.04 Å². The van der Waals surface area contributed by atoms with E-state index in [-0.39, 0.29) is 18.0 Å². The number of rotatable bonds is 2. The van der Waals surface area contributed by atoms with Crippen LogP contribution in [0.1, 0.15) is 35.6 Å². The largest absolute Gasteiger partial charge is 0.347 e. The van der Waals surface area contributed by atoms with Gasteiger partial charge in [-0.3, -0.25) is 4.79 Å². The summed E-state index contributed by atoms with van der Waals surface area (Å²) in [5.41, 5.74) is 6.02. The van der Waals surface area contributed by atoms with Gasteiger partial charge in [0.1, 0.15) is 0 Å². The number of carbonyl (C=O) groups excluding carboxylic acids is 1. The summed E-state index contributed by atoms with van der Waals surface area (Å²) in [7, 11) is 0. The average molecular weight is 224 g/mol. The zero-order valence-electron chi connectivity index (χ0n) is 8.82. The molecule has 3 nitrogen and oxygen atoms in total. The fourth-order valence-corrected chi connectivity index (χ4v) is 2.93. The quantitative estimate of drug-likeness (QED) is 0.801. The molecule has 1 aromatic heterocycles. The lowest BCUT2D eigenvalue weighted by molar-refractivity contribution is -0.123. The van der Waals surface area contributed by atoms with Crippen LogP contribution in [0.5, 0.6) is 0 Å². The molecule has 1 aliphatic rings. The number of nitrogens with two attached hydrogens (primary N) is 1. The fraction of sp³-hybridized carbons (Fsp3) is 0.545. The van der Waals surface area contributed by atoms with Crippen molar-refractivity contribution in [1.29, 1.82) is 0 Å². The van der Waals surface area contributed by atoms with Crippen LogP contribution in [-0.4, -0.2) is 11.9 Å². The fourth-order valence-electron chi connectivity index (χ4n) is 1.85. The first kappa shape index (κ1) is 10.6. The third-order valence-electron chi connectivity index (χ3n) is 2.79. The van der Waals surface area contributed by atoms with Crippen LogP contribution in [0.2, 0.25) is 0 Å². The molecule has 4 heteroatoms. The van der Waals surface area contributed by atoms with Crippen LogP contribution in [0.25, 0.3) is 0 Å². The molecule has 2 atom stereocenters. The lowest BCUT2D eigenvalue weighted by atomic mass is 9.98. The van der Waals surface area contributed by atoms with Gasteiger partial charge in [0, 0.05) is 22.2 Å². The van der Waals surface area contributed by atoms with E-state index >= 15 is 0 Å². The standard InChI is InChI=1S/C11H16N2OS/c1-2-7-3-5-9(15-7)11-8(12)4-6-10(14)13-11/h3,5,8,11H,2,4,6,12H2,1H3,(H,13,14). The van der Waals surface area contributed by atoms with Gasteiger partial charge in [-0.2, -0.15) is 0 Å². The molecule has 1 fully saturated rings. The van der Waals surface area contributed by atoms with Crippen LogP contribution in [0.4, 0.5) is 0 Å². The predicted octanol–water partition coefficient (Wildman–Crippen LogP) is 1.59. The van der Waals surface area contributed by atoms with E-state index in [1.807, 2.05) is 0 Å². The first-order valence-corrected chi connectivity index (χ1v) is 6.16. The van der Waals surface area contributed by atoms with Crippen LogP contribution in [0, 0.1) is 0 Å². The number of hydrogen-bond donors (Lipinski definition) is 2. The molecule has 0 saturated carbocycles. The zero-order chi connectivity index (χ0) is 10.8. The van der Waals surface area contributed by atoms with Gasteiger partial charge >= 0.3 is 0 Å². The summed E-state index contributed by atoms with van der Waals surface area (Å²) in [4.78, 5) is 13.8. The van der Waals surface area contributed by atoms with Crippen molar-refractivity contribution in [1.82, 2.24) is 5.32 Å². The summed E-state index contributed by atoms with van der Waals surface area (Å²) < 4.78 is 0. The van der Waals surface area contributed by atoms with Gasteiger partial charge in [0.2, 0.25) is 5.91 Å². The summed E-state index contributed by atoms with van der Waals surface area (Å²) in [5.74, 6) is 0.119. The Morgan fingerprint density at radius 2 is 2.40 bits per heavy atom. The third-order valence-corrected chi connectivity index (χ3v) is 4.10. The number of hydrogen-bond acceptors (Lipinski definition) is 3. The Hall–Kier alpha value is -0.870. The number of aryl methyl sites for hydroxylation is 1. The second-order valence-electron chi connectivity index (χ2n) is 3.91. The Kier molecular flexibility index (Phi) is 3.07. The van der Waals surface area contributed by atoms with Crippen molar-refractivity contribution in [2.24, 2.45) is 5.73 Å². The van der Waals surface area contributed by atoms with Crippen LogP contribution in [0.15, 0.2) is 12.1 Å². The van der Waals surface area contributed by atoms with Crippen LogP contribution >= 0.6 is 11.3 Å². The highest BCUT2D eigenvalue weighted by Crippen LogP contribution is 2.28. The number of nitrogens with one attached hydrogen (secondary N) is 1. The van der Waals surface area contributed by atoms with Crippen molar-refractivity contribution in [2.75, 3.05) is 0 Å². The molecule has 1 aromatic rings. The van der Waals surface area contributed by atoms with Gasteiger partial charge in [0.25, 0.3) is 0 Å². The number of carbonyl (C=O) groups is 1. The Balaban J connectivity index is 2.17. The normalized spacial score (nSPS) is 26.4. The van der Waals surface area contributed by atoms with E-state index in [1.165, 1.54) is 9.75 Å². The van der Waals surface area contributed by atoms with Crippen molar-refractivity contribution in [2.45, 2.75) is 38.3 Å². The molecule has 2 unspecified atom stereocenters. The molecule has 1 amide bonds. The predicted molar refractivity (Wildman–Crippen MR) is 61.8 cm³/mol. The van der Waals surface area contributed by atoms with Crippen LogP contribution < -0.4 is 11.1 Å². The van der Waals surface area contributed by atoms with Gasteiger partial charge in [-0.15, -0.1) is 11.3 Å². The smallest absolute Gasteiger partial charge is 0.220 e. The number of thiophene rings is 1. The first-order valence-electron chi connectivity index (χ1n) is 5.34. The Morgan fingerprint density at radius 1 is 1.60 bits per heavy atom. The summed E-state index contributed by atoms with van der Waals surface area (Å²) in [5, 5.41) is 2.97. The molecule has 82 valence electrons. The van der Waals surface area contributed by atoms with Gasteiger partial charge in [-0.1, -0.05) is 6.92 Å². The van der Waals surface area contributed by atoms with E-state index in [1.54, 1.807) is 11.3 Å². The first-order chi connectivity index (χ1) is 7.20. The molecule has 0 bridgehead atoms. The maximum absolute atomic E-state index is 11.3. The van der Waals surface area contributed by atoms with Gasteiger partial charge in [-0.05, 0) is 25.0 Å². The Bertz CT molecular complexity index is 361. The molecule has 1 saturated heterocycles. The average Bonchev–Trinajstić information content (AvgIpc) is 2.70. The van der Waals surface area contributed by atoms with Gasteiger partial charge < -0.3 is 11.1 Å². The summed E-state index contributed by atoms with van der Waals surface area (Å²) in [6.45, 7) is 2.13. The minimum absolute atomic E-state index is 0.0246. The van der Waals surface area contributed by atoms with Gasteiger partial charge in [-0.25, -0.2) is 0 Å². The second-order valence-corrected chi connectivity index (χ2v) is 5.11. The van der Waals surface area contributed by atoms with E-state index in [0.29, 0.717) is 6.42 Å². The number of amides is 1. The minimum atomic E-state index is 0.0246. The van der Waals surface area contributed by atoms with Crippen molar-refractivity contribution in [3.63, 3.8) is 0 Å². The Morgan fingerprint density at radius 3 is 3.07 bits per heavy atom. The molecule has 0 aliphatic carbocycles. The third kappa shape index (κ3) is 2.21. The minimum Gasteiger partial charge on any atom is -0.347 e. The van der Waals surface area contributed by atoms with Gasteiger partial charge in [0.15, 0.2) is 0 Å². The lowest BCUT2D eigenvalue weighted by Gasteiger charge is -2.28. The van der Waals surface area contributed by atoms with Crippen molar-refractivity contribution >= 4 is 17.2 Å². The summed E-state index contributed by atoms with van der Waals surface area (Å²) >= 11 is 1.75. The molecule has 2 heterocycles. The van der Waals surface area contributed by atoms with E-state index < -0.39 is 0 Å². The zero-order valence-corrected chi connectivity index (χ0v) is 9.64. The van der Waals surface area contributed by atoms with Crippen LogP contribution in [0.3, 0.4) is 0 Å². The monoisotopic (exact) mass is 224 g/mol. The van der Waals surface area contributed by atoms with E-state index in [0.717, 1.165) is 12.8 Å². The van der Waals surface area contributed by atoms with Crippen molar-refractivity contribution in [3.05, 3.63) is 21.9 Å². The van der Waals surface area contributed by atoms with Crippen molar-refractivity contribution < 1.29 is 4.79 Å². The maximum Gasteiger partial charge on any atom is 0.220 e. The molecule has 0 spiro atoms. The van der Waals surface area contributed by atoms with E-state index in [9.17, 15) is 4.79 Å². The molecular formula is C11H16N2OS. The van der Waals surface area contributed by atoms with Crippen molar-refractivity contribution in [3.8, 4) is 0 Å². The second kappa shape index (κ2) is 4.33. The summed E-state index contributed by atoms with van der Waals surface area (Å²) in [6, 6.07) is 4.29. The molecular weight excluding hydrogens is 208 g/mol. The van der Waals surface area contributed by atoms with E-state index in [4.69, 9.17) is 5.73 Å². The highest BCUT2D eigenvalue weighted by Gasteiger charge is 2.27. The van der Waals surface area contributed by atoms with Crippen LogP contribution in [-0.2, 0) is 11.2 Å². The molecule has 15 heavy (non-hydrogen) atoms. The molecule has 3 N–H and O–H groups in total. The van der Waals surface area contributed by atoms with E-state index in [2.05, 4.69) is 24.4 Å². The molecule has 2 rings (SSSR count). The Labute approximate surface area is 93.7 Å². The SMILES string of the molecule is CCc1ccc(C2NC(=O)CCC2N)s1.